The monoisotopic (exact) mass is 204 g/mol. The van der Waals surface area contributed by atoms with E-state index in [9.17, 15) is 4.79 Å². The van der Waals surface area contributed by atoms with Gasteiger partial charge in [0.1, 0.15) is 0 Å². The van der Waals surface area contributed by atoms with Crippen LogP contribution in [0, 0.1) is 0 Å². The smallest absolute Gasteiger partial charge is 0.231 e. The molecule has 0 amide bonds. The van der Waals surface area contributed by atoms with Crippen LogP contribution in [-0.2, 0) is 13.6 Å². The number of aryl methyl sites for hydroxylation is 2. The van der Waals surface area contributed by atoms with Gasteiger partial charge >= 0.3 is 0 Å². The minimum Gasteiger partial charge on any atom is -0.328 e. The van der Waals surface area contributed by atoms with Crippen LogP contribution in [0.2, 0.25) is 0 Å². The summed E-state index contributed by atoms with van der Waals surface area (Å²) in [6.45, 7) is 2.71. The molecule has 0 aromatic carbocycles. The molecule has 2 heterocycles. The highest BCUT2D eigenvalue weighted by Gasteiger charge is 2.15. The van der Waals surface area contributed by atoms with Crippen LogP contribution in [-0.4, -0.2) is 25.1 Å². The Morgan fingerprint density at radius 3 is 2.93 bits per heavy atom. The Hall–Kier alpha value is -1.91. The van der Waals surface area contributed by atoms with E-state index in [-0.39, 0.29) is 5.78 Å². The first-order valence-corrected chi connectivity index (χ1v) is 4.77. The van der Waals surface area contributed by atoms with Gasteiger partial charge in [-0.05, 0) is 6.92 Å². The summed E-state index contributed by atoms with van der Waals surface area (Å²) < 4.78 is 3.42. The second-order valence-electron chi connectivity index (χ2n) is 3.27. The number of hydrogen-bond donors (Lipinski definition) is 0. The van der Waals surface area contributed by atoms with Gasteiger partial charge in [-0.15, -0.1) is 0 Å². The molecule has 0 N–H and O–H groups in total. The molecule has 2 aromatic heterocycles. The van der Waals surface area contributed by atoms with Crippen molar-refractivity contribution in [3.8, 4) is 0 Å². The number of ketones is 1. The Morgan fingerprint density at radius 2 is 2.33 bits per heavy atom. The summed E-state index contributed by atoms with van der Waals surface area (Å²) in [6, 6.07) is 0. The van der Waals surface area contributed by atoms with E-state index in [2.05, 4.69) is 10.1 Å². The average molecular weight is 204 g/mol. The summed E-state index contributed by atoms with van der Waals surface area (Å²) in [5, 5.41) is 3.96. The van der Waals surface area contributed by atoms with Crippen molar-refractivity contribution in [2.75, 3.05) is 0 Å². The molecular formula is C10H12N4O. The third-order valence-electron chi connectivity index (χ3n) is 2.23. The van der Waals surface area contributed by atoms with E-state index in [1.54, 1.807) is 36.5 Å². The van der Waals surface area contributed by atoms with Crippen molar-refractivity contribution >= 4 is 5.78 Å². The van der Waals surface area contributed by atoms with Gasteiger partial charge in [-0.3, -0.25) is 9.48 Å². The first-order chi connectivity index (χ1) is 7.22. The highest BCUT2D eigenvalue weighted by atomic mass is 16.1. The largest absolute Gasteiger partial charge is 0.328 e. The van der Waals surface area contributed by atoms with Crippen molar-refractivity contribution in [3.05, 3.63) is 36.2 Å². The molecule has 0 aliphatic rings. The van der Waals surface area contributed by atoms with E-state index in [0.29, 0.717) is 11.4 Å². The molecule has 2 rings (SSSR count). The standard InChI is InChI=1S/C10H12N4O/c1-3-14-5-4-11-10(14)9(15)8-6-12-13(2)7-8/h4-7H,3H2,1-2H3. The molecule has 0 spiro atoms. The highest BCUT2D eigenvalue weighted by Crippen LogP contribution is 2.07. The van der Waals surface area contributed by atoms with Crippen LogP contribution in [0.4, 0.5) is 0 Å². The highest BCUT2D eigenvalue weighted by molar-refractivity contribution is 6.06. The zero-order chi connectivity index (χ0) is 10.8. The van der Waals surface area contributed by atoms with E-state index in [0.717, 1.165) is 6.54 Å². The maximum absolute atomic E-state index is 12.0. The summed E-state index contributed by atoms with van der Waals surface area (Å²) in [7, 11) is 1.78. The maximum atomic E-state index is 12.0. The van der Waals surface area contributed by atoms with Crippen LogP contribution in [0.1, 0.15) is 23.1 Å². The molecule has 0 unspecified atom stereocenters. The van der Waals surface area contributed by atoms with Gasteiger partial charge in [-0.1, -0.05) is 0 Å². The van der Waals surface area contributed by atoms with Crippen molar-refractivity contribution < 1.29 is 4.79 Å². The Bertz CT molecular complexity index is 483. The lowest BCUT2D eigenvalue weighted by molar-refractivity contribution is 0.102. The zero-order valence-corrected chi connectivity index (χ0v) is 8.71. The summed E-state index contributed by atoms with van der Waals surface area (Å²) in [6.07, 6.45) is 6.67. The predicted molar refractivity (Wildman–Crippen MR) is 54.5 cm³/mol. The van der Waals surface area contributed by atoms with Gasteiger partial charge < -0.3 is 4.57 Å². The molecule has 0 fully saturated rings. The SMILES string of the molecule is CCn1ccnc1C(=O)c1cnn(C)c1. The van der Waals surface area contributed by atoms with Crippen molar-refractivity contribution in [3.63, 3.8) is 0 Å². The molecule has 15 heavy (non-hydrogen) atoms. The Balaban J connectivity index is 2.36. The van der Waals surface area contributed by atoms with Crippen LogP contribution in [0.5, 0.6) is 0 Å². The van der Waals surface area contributed by atoms with Gasteiger partial charge in [0.2, 0.25) is 5.78 Å². The van der Waals surface area contributed by atoms with Crippen LogP contribution in [0.15, 0.2) is 24.8 Å². The second kappa shape index (κ2) is 3.68. The lowest BCUT2D eigenvalue weighted by Crippen LogP contribution is -2.09. The number of hydrogen-bond acceptors (Lipinski definition) is 3. The van der Waals surface area contributed by atoms with Gasteiger partial charge in [-0.25, -0.2) is 4.98 Å². The summed E-state index contributed by atoms with van der Waals surface area (Å²) >= 11 is 0. The van der Waals surface area contributed by atoms with E-state index in [1.165, 1.54) is 0 Å². The fourth-order valence-electron chi connectivity index (χ4n) is 1.44. The topological polar surface area (TPSA) is 52.7 Å². The van der Waals surface area contributed by atoms with Crippen LogP contribution in [0.25, 0.3) is 0 Å². The minimum atomic E-state index is -0.0880. The van der Waals surface area contributed by atoms with Crippen LogP contribution >= 0.6 is 0 Å². The molecule has 0 saturated carbocycles. The minimum absolute atomic E-state index is 0.0880. The van der Waals surface area contributed by atoms with Gasteiger partial charge in [0, 0.05) is 32.2 Å². The Labute approximate surface area is 87.4 Å². The predicted octanol–water partition coefficient (Wildman–Crippen LogP) is 0.867. The van der Waals surface area contributed by atoms with E-state index < -0.39 is 0 Å². The number of carbonyl (C=O) groups is 1. The number of nitrogens with zero attached hydrogens (tertiary/aromatic N) is 4. The van der Waals surface area contributed by atoms with E-state index >= 15 is 0 Å². The van der Waals surface area contributed by atoms with Crippen molar-refractivity contribution in [1.29, 1.82) is 0 Å². The molecule has 0 bridgehead atoms. The Kier molecular flexibility index (Phi) is 2.37. The van der Waals surface area contributed by atoms with Gasteiger partial charge in [0.25, 0.3) is 0 Å². The number of imidazole rings is 1. The normalized spacial score (nSPS) is 10.5. The lowest BCUT2D eigenvalue weighted by atomic mass is 10.2. The van der Waals surface area contributed by atoms with E-state index in [4.69, 9.17) is 0 Å². The maximum Gasteiger partial charge on any atom is 0.231 e. The van der Waals surface area contributed by atoms with Gasteiger partial charge in [0.15, 0.2) is 5.82 Å². The fraction of sp³-hybridized carbons (Fsp3) is 0.300. The van der Waals surface area contributed by atoms with Crippen LogP contribution < -0.4 is 0 Å². The van der Waals surface area contributed by atoms with Crippen molar-refractivity contribution in [1.82, 2.24) is 19.3 Å². The van der Waals surface area contributed by atoms with Gasteiger partial charge in [-0.2, -0.15) is 5.10 Å². The van der Waals surface area contributed by atoms with Crippen molar-refractivity contribution in [2.45, 2.75) is 13.5 Å². The number of carbonyl (C=O) groups excluding carboxylic acids is 1. The molecule has 0 aliphatic carbocycles. The summed E-state index contributed by atoms with van der Waals surface area (Å²) in [5.41, 5.74) is 0.568. The molecule has 78 valence electrons. The third-order valence-corrected chi connectivity index (χ3v) is 2.23. The molecular weight excluding hydrogens is 192 g/mol. The average Bonchev–Trinajstić information content (AvgIpc) is 2.84. The fourth-order valence-corrected chi connectivity index (χ4v) is 1.44. The first-order valence-electron chi connectivity index (χ1n) is 4.77. The lowest BCUT2D eigenvalue weighted by Gasteiger charge is -2.01. The molecule has 0 radical (unpaired) electrons. The van der Waals surface area contributed by atoms with E-state index in [1.807, 2.05) is 11.5 Å². The number of rotatable bonds is 3. The summed E-state index contributed by atoms with van der Waals surface area (Å²) in [5.74, 6) is 0.375. The first kappa shape index (κ1) is 9.64. The molecule has 0 atom stereocenters. The third kappa shape index (κ3) is 1.68. The second-order valence-corrected chi connectivity index (χ2v) is 3.27. The molecule has 0 saturated heterocycles. The quantitative estimate of drug-likeness (QED) is 0.697. The Morgan fingerprint density at radius 1 is 1.53 bits per heavy atom. The van der Waals surface area contributed by atoms with Crippen molar-refractivity contribution in [2.24, 2.45) is 7.05 Å². The molecule has 5 heteroatoms. The number of aromatic nitrogens is 4. The van der Waals surface area contributed by atoms with Crippen LogP contribution in [0.3, 0.4) is 0 Å². The van der Waals surface area contributed by atoms with Gasteiger partial charge in [0.05, 0.1) is 11.8 Å². The summed E-state index contributed by atoms with van der Waals surface area (Å²) in [4.78, 5) is 16.0. The molecule has 0 aliphatic heterocycles. The zero-order valence-electron chi connectivity index (χ0n) is 8.71. The molecule has 5 nitrogen and oxygen atoms in total. The molecule has 2 aromatic rings.